The number of benzene rings is 1. The number of carbonyl (C=O) groups excluding carboxylic acids is 1. The molecule has 8 nitrogen and oxygen atoms in total. The van der Waals surface area contributed by atoms with Crippen molar-refractivity contribution in [3.63, 3.8) is 0 Å². The molecule has 0 aromatic heterocycles. The van der Waals surface area contributed by atoms with Crippen LogP contribution in [0.15, 0.2) is 24.3 Å². The Bertz CT molecular complexity index is 578. The maximum Gasteiger partial charge on any atom is 0.327 e. The van der Waals surface area contributed by atoms with E-state index < -0.39 is 33.8 Å². The van der Waals surface area contributed by atoms with Gasteiger partial charge in [0.15, 0.2) is 0 Å². The van der Waals surface area contributed by atoms with Crippen LogP contribution < -0.4 is 5.32 Å². The average molecular weight is 289 g/mol. The second kappa shape index (κ2) is 5.67. The second-order valence-electron chi connectivity index (χ2n) is 3.66. The van der Waals surface area contributed by atoms with Crippen molar-refractivity contribution in [2.45, 2.75) is 6.04 Å². The molecule has 19 heavy (non-hydrogen) atoms. The number of hydrogen-bond acceptors (Lipinski definition) is 5. The number of phenolic OH excluding ortho intramolecular Hbond substituents is 1. The Hall–Kier alpha value is -2.13. The van der Waals surface area contributed by atoms with E-state index in [9.17, 15) is 18.0 Å². The van der Waals surface area contributed by atoms with Crippen molar-refractivity contribution in [1.29, 1.82) is 0 Å². The second-order valence-corrected chi connectivity index (χ2v) is 5.16. The zero-order valence-corrected chi connectivity index (χ0v) is 10.3. The molecule has 0 saturated heterocycles. The molecule has 0 heterocycles. The number of carboxylic acids is 1. The molecule has 1 atom stereocenters. The standard InChI is InChI=1S/C10H11NO7S/c12-7-3-1-6(2-4-7)9(13)11-8(10(14)15)5-19(16,17)18/h1-4,8,12H,5H2,(H,11,13)(H,14,15)(H,16,17,18). The highest BCUT2D eigenvalue weighted by Gasteiger charge is 2.26. The van der Waals surface area contributed by atoms with E-state index in [2.05, 4.69) is 0 Å². The van der Waals surface area contributed by atoms with E-state index in [0.717, 1.165) is 0 Å². The molecule has 9 heteroatoms. The molecule has 1 unspecified atom stereocenters. The highest BCUT2D eigenvalue weighted by molar-refractivity contribution is 7.85. The van der Waals surface area contributed by atoms with E-state index in [1.54, 1.807) is 0 Å². The SMILES string of the molecule is O=C(NC(CS(=O)(=O)O)C(=O)O)c1ccc(O)cc1. The van der Waals surface area contributed by atoms with Crippen molar-refractivity contribution < 1.29 is 32.8 Å². The Morgan fingerprint density at radius 3 is 2.16 bits per heavy atom. The molecule has 1 aromatic rings. The topological polar surface area (TPSA) is 141 Å². The first kappa shape index (κ1) is 14.9. The zero-order valence-electron chi connectivity index (χ0n) is 9.48. The molecule has 0 aliphatic heterocycles. The van der Waals surface area contributed by atoms with Gasteiger partial charge < -0.3 is 15.5 Å². The van der Waals surface area contributed by atoms with Crippen LogP contribution in [0.4, 0.5) is 0 Å². The van der Waals surface area contributed by atoms with Crippen LogP contribution in [0, 0.1) is 0 Å². The Kier molecular flexibility index (Phi) is 4.46. The van der Waals surface area contributed by atoms with Gasteiger partial charge in [-0.1, -0.05) is 0 Å². The van der Waals surface area contributed by atoms with Gasteiger partial charge >= 0.3 is 5.97 Å². The predicted molar refractivity (Wildman–Crippen MR) is 63.4 cm³/mol. The van der Waals surface area contributed by atoms with E-state index in [4.69, 9.17) is 14.8 Å². The van der Waals surface area contributed by atoms with E-state index in [1.807, 2.05) is 5.32 Å². The van der Waals surface area contributed by atoms with Crippen LogP contribution in [-0.4, -0.2) is 46.9 Å². The molecule has 1 amide bonds. The third kappa shape index (κ3) is 4.94. The highest BCUT2D eigenvalue weighted by atomic mass is 32.2. The molecule has 0 radical (unpaired) electrons. The summed E-state index contributed by atoms with van der Waals surface area (Å²) < 4.78 is 29.8. The number of aliphatic carboxylic acids is 1. The first-order chi connectivity index (χ1) is 8.69. The first-order valence-electron chi connectivity index (χ1n) is 4.97. The molecular formula is C10H11NO7S. The first-order valence-corrected chi connectivity index (χ1v) is 6.58. The van der Waals surface area contributed by atoms with Gasteiger partial charge in [-0.3, -0.25) is 9.35 Å². The largest absolute Gasteiger partial charge is 0.508 e. The highest BCUT2D eigenvalue weighted by Crippen LogP contribution is 2.09. The summed E-state index contributed by atoms with van der Waals surface area (Å²) in [6.07, 6.45) is 0. The number of carbonyl (C=O) groups is 2. The average Bonchev–Trinajstić information content (AvgIpc) is 2.27. The van der Waals surface area contributed by atoms with Gasteiger partial charge in [0, 0.05) is 5.56 Å². The third-order valence-electron chi connectivity index (χ3n) is 2.11. The Balaban J connectivity index is 2.82. The molecule has 0 bridgehead atoms. The van der Waals surface area contributed by atoms with Crippen molar-refractivity contribution in [3.05, 3.63) is 29.8 Å². The van der Waals surface area contributed by atoms with Crippen molar-refractivity contribution in [1.82, 2.24) is 5.32 Å². The zero-order chi connectivity index (χ0) is 14.6. The normalized spacial score (nSPS) is 12.7. The Labute approximate surface area is 108 Å². The van der Waals surface area contributed by atoms with Gasteiger partial charge in [0.25, 0.3) is 16.0 Å². The molecular weight excluding hydrogens is 278 g/mol. The van der Waals surface area contributed by atoms with Crippen LogP contribution in [-0.2, 0) is 14.9 Å². The van der Waals surface area contributed by atoms with Gasteiger partial charge in [0.2, 0.25) is 0 Å². The van der Waals surface area contributed by atoms with Crippen LogP contribution in [0.3, 0.4) is 0 Å². The molecule has 0 aliphatic rings. The number of hydrogen-bond donors (Lipinski definition) is 4. The van der Waals surface area contributed by atoms with Gasteiger partial charge in [-0.15, -0.1) is 0 Å². The van der Waals surface area contributed by atoms with Crippen LogP contribution in [0.2, 0.25) is 0 Å². The molecule has 4 N–H and O–H groups in total. The summed E-state index contributed by atoms with van der Waals surface area (Å²) in [5, 5.41) is 19.7. The minimum atomic E-state index is -4.54. The van der Waals surface area contributed by atoms with E-state index in [0.29, 0.717) is 0 Å². The smallest absolute Gasteiger partial charge is 0.327 e. The summed E-state index contributed by atoms with van der Waals surface area (Å²) in [5.74, 6) is -3.64. The fourth-order valence-corrected chi connectivity index (χ4v) is 1.89. The lowest BCUT2D eigenvalue weighted by molar-refractivity contribution is -0.138. The summed E-state index contributed by atoms with van der Waals surface area (Å²) in [6.45, 7) is 0. The van der Waals surface area contributed by atoms with Gasteiger partial charge in [-0.2, -0.15) is 8.42 Å². The summed E-state index contributed by atoms with van der Waals surface area (Å²) in [6, 6.07) is 3.13. The number of aromatic hydroxyl groups is 1. The van der Waals surface area contributed by atoms with Crippen molar-refractivity contribution in [2.24, 2.45) is 0 Å². The van der Waals surface area contributed by atoms with Gasteiger partial charge in [0.05, 0.1) is 0 Å². The molecule has 1 rings (SSSR count). The summed E-state index contributed by atoms with van der Waals surface area (Å²) in [7, 11) is -4.54. The number of carboxylic acid groups (broad SMARTS) is 1. The van der Waals surface area contributed by atoms with Gasteiger partial charge in [-0.25, -0.2) is 4.79 Å². The lowest BCUT2D eigenvalue weighted by Gasteiger charge is -2.12. The van der Waals surface area contributed by atoms with Crippen LogP contribution in [0.1, 0.15) is 10.4 Å². The molecule has 0 saturated carbocycles. The minimum Gasteiger partial charge on any atom is -0.508 e. The van der Waals surface area contributed by atoms with Crippen LogP contribution >= 0.6 is 0 Å². The Morgan fingerprint density at radius 2 is 1.74 bits per heavy atom. The summed E-state index contributed by atoms with van der Waals surface area (Å²) in [5.41, 5.74) is 0.0411. The maximum atomic E-state index is 11.6. The molecule has 0 aliphatic carbocycles. The number of rotatable bonds is 5. The molecule has 0 fully saturated rings. The van der Waals surface area contributed by atoms with Gasteiger partial charge in [-0.05, 0) is 24.3 Å². The van der Waals surface area contributed by atoms with Crippen LogP contribution in [0.25, 0.3) is 0 Å². The lowest BCUT2D eigenvalue weighted by atomic mass is 10.2. The molecule has 0 spiro atoms. The van der Waals surface area contributed by atoms with Crippen molar-refractivity contribution in [3.8, 4) is 5.75 Å². The summed E-state index contributed by atoms with van der Waals surface area (Å²) in [4.78, 5) is 22.4. The quantitative estimate of drug-likeness (QED) is 0.533. The fraction of sp³-hybridized carbons (Fsp3) is 0.200. The maximum absolute atomic E-state index is 11.6. The summed E-state index contributed by atoms with van der Waals surface area (Å²) >= 11 is 0. The number of phenols is 1. The van der Waals surface area contributed by atoms with Gasteiger partial charge in [0.1, 0.15) is 17.5 Å². The van der Waals surface area contributed by atoms with E-state index in [-0.39, 0.29) is 11.3 Å². The third-order valence-corrected chi connectivity index (χ3v) is 2.86. The van der Waals surface area contributed by atoms with E-state index >= 15 is 0 Å². The lowest BCUT2D eigenvalue weighted by Crippen LogP contribution is -2.45. The van der Waals surface area contributed by atoms with Crippen molar-refractivity contribution >= 4 is 22.0 Å². The minimum absolute atomic E-state index is 0.0411. The predicted octanol–water partition coefficient (Wildman–Crippen LogP) is -0.537. The Morgan fingerprint density at radius 1 is 1.21 bits per heavy atom. The van der Waals surface area contributed by atoms with Crippen molar-refractivity contribution in [2.75, 3.05) is 5.75 Å². The fourth-order valence-electron chi connectivity index (χ4n) is 1.24. The van der Waals surface area contributed by atoms with Crippen LogP contribution in [0.5, 0.6) is 5.75 Å². The number of amides is 1. The molecule has 1 aromatic carbocycles. The van der Waals surface area contributed by atoms with E-state index in [1.165, 1.54) is 24.3 Å². The molecule has 104 valence electrons. The number of nitrogens with one attached hydrogen (secondary N) is 1. The monoisotopic (exact) mass is 289 g/mol.